The summed E-state index contributed by atoms with van der Waals surface area (Å²) in [5.41, 5.74) is -2.35. The minimum Gasteiger partial charge on any atom is -0.466 e. The van der Waals surface area contributed by atoms with E-state index < -0.39 is 77.4 Å². The summed E-state index contributed by atoms with van der Waals surface area (Å²) in [6.07, 6.45) is -1.91. The summed E-state index contributed by atoms with van der Waals surface area (Å²) in [6, 6.07) is -0.990. The molecule has 0 aromatic rings. The van der Waals surface area contributed by atoms with Gasteiger partial charge in [-0.2, -0.15) is 0 Å². The largest absolute Gasteiger partial charge is 0.466 e. The third-order valence-electron chi connectivity index (χ3n) is 5.73. The van der Waals surface area contributed by atoms with E-state index >= 15 is 0 Å². The van der Waals surface area contributed by atoms with Crippen molar-refractivity contribution in [1.82, 2.24) is 16.0 Å². The molecule has 2 aliphatic carbocycles. The molecule has 0 saturated heterocycles. The summed E-state index contributed by atoms with van der Waals surface area (Å²) < 4.78 is 15.3. The maximum absolute atomic E-state index is 12.8. The lowest BCUT2D eigenvalue weighted by Gasteiger charge is -2.31. The second-order valence-electron chi connectivity index (χ2n) is 9.48. The first-order valence-electron chi connectivity index (χ1n) is 11.4. The lowest BCUT2D eigenvalue weighted by molar-refractivity contribution is -0.156. The Labute approximate surface area is 198 Å². The normalized spacial score (nSPS) is 28.1. The van der Waals surface area contributed by atoms with Gasteiger partial charge in [0, 0.05) is 18.3 Å². The van der Waals surface area contributed by atoms with E-state index in [1.807, 2.05) is 0 Å². The van der Waals surface area contributed by atoms with Gasteiger partial charge in [-0.05, 0) is 41.5 Å². The molecule has 12 nitrogen and oxygen atoms in total. The van der Waals surface area contributed by atoms with Crippen molar-refractivity contribution >= 4 is 29.8 Å². The molecule has 0 heterocycles. The van der Waals surface area contributed by atoms with Crippen LogP contribution >= 0.6 is 0 Å². The molecule has 0 aromatic heterocycles. The van der Waals surface area contributed by atoms with Gasteiger partial charge in [-0.25, -0.2) is 9.59 Å². The monoisotopic (exact) mass is 485 g/mol. The molecule has 34 heavy (non-hydrogen) atoms. The second-order valence-corrected chi connectivity index (χ2v) is 9.48. The first kappa shape index (κ1) is 27.4. The van der Waals surface area contributed by atoms with E-state index in [2.05, 4.69) is 16.0 Å². The SMILES string of the molecule is CCOC(=O)[C@H]1[C@H]2[C@@H]1[C@](NC(=O)CNC(=O)[C@H](C)NC(=O)OC(C)(C)C)(C(=O)OCC)C[C@@H]2O. The van der Waals surface area contributed by atoms with Crippen molar-refractivity contribution < 1.29 is 43.3 Å². The van der Waals surface area contributed by atoms with Crippen LogP contribution in [-0.4, -0.2) is 78.0 Å². The molecule has 0 aromatic carbocycles. The highest BCUT2D eigenvalue weighted by molar-refractivity contribution is 5.94. The fraction of sp³-hybridized carbons (Fsp3) is 0.773. The highest BCUT2D eigenvalue weighted by Crippen LogP contribution is 2.63. The van der Waals surface area contributed by atoms with E-state index in [0.717, 1.165) is 0 Å². The third kappa shape index (κ3) is 6.16. The van der Waals surface area contributed by atoms with Crippen molar-refractivity contribution in [3.63, 3.8) is 0 Å². The first-order valence-corrected chi connectivity index (χ1v) is 11.4. The molecule has 3 amide bonds. The smallest absolute Gasteiger partial charge is 0.408 e. The Kier molecular flexibility index (Phi) is 8.51. The van der Waals surface area contributed by atoms with Gasteiger partial charge in [0.1, 0.15) is 17.2 Å². The van der Waals surface area contributed by atoms with Gasteiger partial charge in [-0.15, -0.1) is 0 Å². The standard InChI is InChI=1S/C22H35N3O9/c1-7-32-18(29)15-14-12(26)9-22(16(14)15,19(30)33-8-2)25-13(27)10-23-17(28)11(3)24-20(31)34-21(4,5)6/h11-12,14-16,26H,7-10H2,1-6H3,(H,23,28)(H,24,31)(H,25,27)/t11-,12-,14-,15-,16-,22-/m0/s1. The van der Waals surface area contributed by atoms with Gasteiger partial charge in [0.05, 0.1) is 31.8 Å². The van der Waals surface area contributed by atoms with Crippen LogP contribution in [0.15, 0.2) is 0 Å². The number of amides is 3. The highest BCUT2D eigenvalue weighted by Gasteiger charge is 2.76. The van der Waals surface area contributed by atoms with Gasteiger partial charge in [0.25, 0.3) is 0 Å². The number of esters is 2. The highest BCUT2D eigenvalue weighted by atomic mass is 16.6. The predicted molar refractivity (Wildman–Crippen MR) is 117 cm³/mol. The average molecular weight is 486 g/mol. The number of carbonyl (C=O) groups is 5. The van der Waals surface area contributed by atoms with Crippen LogP contribution in [0.1, 0.15) is 48.0 Å². The summed E-state index contributed by atoms with van der Waals surface area (Å²) in [5.74, 6) is -4.60. The van der Waals surface area contributed by atoms with Crippen molar-refractivity contribution in [3.8, 4) is 0 Å². The third-order valence-corrected chi connectivity index (χ3v) is 5.73. The second kappa shape index (κ2) is 10.6. The van der Waals surface area contributed by atoms with E-state index in [1.54, 1.807) is 34.6 Å². The Morgan fingerprint density at radius 2 is 1.71 bits per heavy atom. The molecule has 12 heteroatoms. The Bertz CT molecular complexity index is 825. The van der Waals surface area contributed by atoms with Crippen LogP contribution in [0.3, 0.4) is 0 Å². The van der Waals surface area contributed by atoms with Crippen molar-refractivity contribution in [1.29, 1.82) is 0 Å². The van der Waals surface area contributed by atoms with E-state index in [0.29, 0.717) is 0 Å². The number of nitrogens with one attached hydrogen (secondary N) is 3. The molecule has 0 spiro atoms. The topological polar surface area (TPSA) is 169 Å². The number of ether oxygens (including phenoxy) is 3. The van der Waals surface area contributed by atoms with Crippen LogP contribution < -0.4 is 16.0 Å². The van der Waals surface area contributed by atoms with Crippen molar-refractivity contribution in [2.45, 2.75) is 71.2 Å². The maximum atomic E-state index is 12.8. The quantitative estimate of drug-likeness (QED) is 0.251. The number of aliphatic hydroxyl groups is 1. The Hall–Kier alpha value is -2.89. The predicted octanol–water partition coefficient (Wildman–Crippen LogP) is -0.376. The summed E-state index contributed by atoms with van der Waals surface area (Å²) in [4.78, 5) is 61.9. The van der Waals surface area contributed by atoms with Gasteiger partial charge in [0.15, 0.2) is 0 Å². The molecule has 0 bridgehead atoms. The van der Waals surface area contributed by atoms with Crippen LogP contribution in [0.2, 0.25) is 0 Å². The molecule has 4 N–H and O–H groups in total. The number of fused-ring (bicyclic) bond motifs is 1. The maximum Gasteiger partial charge on any atom is 0.408 e. The molecule has 0 radical (unpaired) electrons. The molecule has 6 atom stereocenters. The Morgan fingerprint density at radius 1 is 1.09 bits per heavy atom. The number of hydrogen-bond acceptors (Lipinski definition) is 9. The lowest BCUT2D eigenvalue weighted by Crippen LogP contribution is -2.59. The summed E-state index contributed by atoms with van der Waals surface area (Å²) >= 11 is 0. The molecule has 2 rings (SSSR count). The summed E-state index contributed by atoms with van der Waals surface area (Å²) in [6.45, 7) is 9.39. The van der Waals surface area contributed by atoms with E-state index in [-0.39, 0.29) is 19.6 Å². The Morgan fingerprint density at radius 3 is 2.26 bits per heavy atom. The van der Waals surface area contributed by atoms with Gasteiger partial charge in [-0.1, -0.05) is 0 Å². The molecular formula is C22H35N3O9. The van der Waals surface area contributed by atoms with Gasteiger partial charge in [0.2, 0.25) is 11.8 Å². The molecule has 192 valence electrons. The molecule has 2 aliphatic rings. The number of alkyl carbamates (subject to hydrolysis) is 1. The zero-order valence-corrected chi connectivity index (χ0v) is 20.4. The van der Waals surface area contributed by atoms with E-state index in [4.69, 9.17) is 14.2 Å². The van der Waals surface area contributed by atoms with Gasteiger partial charge < -0.3 is 35.3 Å². The van der Waals surface area contributed by atoms with Crippen molar-refractivity contribution in [2.24, 2.45) is 17.8 Å². The molecular weight excluding hydrogens is 450 g/mol. The summed E-state index contributed by atoms with van der Waals surface area (Å²) in [7, 11) is 0. The fourth-order valence-corrected chi connectivity index (χ4v) is 4.42. The fourth-order valence-electron chi connectivity index (χ4n) is 4.42. The average Bonchev–Trinajstić information content (AvgIpc) is 3.40. The first-order chi connectivity index (χ1) is 15.8. The van der Waals surface area contributed by atoms with Crippen LogP contribution in [0.25, 0.3) is 0 Å². The number of hydrogen-bond donors (Lipinski definition) is 4. The van der Waals surface area contributed by atoms with Crippen molar-refractivity contribution in [3.05, 3.63) is 0 Å². The zero-order valence-electron chi connectivity index (χ0n) is 20.4. The molecule has 0 unspecified atom stereocenters. The van der Waals surface area contributed by atoms with E-state index in [9.17, 15) is 29.1 Å². The molecule has 2 saturated carbocycles. The number of carbonyl (C=O) groups excluding carboxylic acids is 5. The van der Waals surface area contributed by atoms with Crippen LogP contribution in [0.5, 0.6) is 0 Å². The minimum atomic E-state index is -1.61. The van der Waals surface area contributed by atoms with Crippen molar-refractivity contribution in [2.75, 3.05) is 19.8 Å². The van der Waals surface area contributed by atoms with Crippen LogP contribution in [0, 0.1) is 17.8 Å². The number of rotatable bonds is 9. The van der Waals surface area contributed by atoms with E-state index in [1.165, 1.54) is 6.92 Å². The zero-order chi connectivity index (χ0) is 25.8. The van der Waals surface area contributed by atoms with Crippen LogP contribution in [-0.2, 0) is 33.4 Å². The minimum absolute atomic E-state index is 0.0403. The van der Waals surface area contributed by atoms with Crippen LogP contribution in [0.4, 0.5) is 4.79 Å². The summed E-state index contributed by atoms with van der Waals surface area (Å²) in [5, 5.41) is 17.8. The van der Waals surface area contributed by atoms with Gasteiger partial charge in [-0.3, -0.25) is 14.4 Å². The lowest BCUT2D eigenvalue weighted by atomic mass is 9.89. The molecule has 0 aliphatic heterocycles. The van der Waals surface area contributed by atoms with Gasteiger partial charge >= 0.3 is 18.0 Å². The molecule has 2 fully saturated rings. The number of aliphatic hydroxyl groups excluding tert-OH is 1. The Balaban J connectivity index is 2.02.